The van der Waals surface area contributed by atoms with Gasteiger partial charge < -0.3 is 11.5 Å². The van der Waals surface area contributed by atoms with E-state index in [1.54, 1.807) is 0 Å². The summed E-state index contributed by atoms with van der Waals surface area (Å²) in [7, 11) is 0. The minimum absolute atomic E-state index is 0.0931. The molecule has 0 amide bonds. The molecule has 66 valence electrons. The monoisotopic (exact) mass is 156 g/mol. The predicted molar refractivity (Wildman–Crippen MR) is 48.1 cm³/mol. The van der Waals surface area contributed by atoms with E-state index in [2.05, 4.69) is 20.8 Å². The Balaban J connectivity index is 2.62. The van der Waals surface area contributed by atoms with Crippen LogP contribution in [0.4, 0.5) is 0 Å². The standard InChI is InChI=1S/C9H20N2/c1-6-4-5-7(8(6)10)9(2,3)11/h6-8H,4-5,10-11H2,1-3H3. The van der Waals surface area contributed by atoms with Crippen molar-refractivity contribution in [3.8, 4) is 0 Å². The van der Waals surface area contributed by atoms with Crippen LogP contribution in [0.3, 0.4) is 0 Å². The minimum atomic E-state index is -0.0931. The smallest absolute Gasteiger partial charge is 0.0140 e. The van der Waals surface area contributed by atoms with Crippen LogP contribution in [0, 0.1) is 11.8 Å². The lowest BCUT2D eigenvalue weighted by Crippen LogP contribution is -2.48. The summed E-state index contributed by atoms with van der Waals surface area (Å²) in [4.78, 5) is 0. The normalized spacial score (nSPS) is 39.5. The zero-order chi connectivity index (χ0) is 8.65. The van der Waals surface area contributed by atoms with Gasteiger partial charge in [0.15, 0.2) is 0 Å². The summed E-state index contributed by atoms with van der Waals surface area (Å²) in [5.74, 6) is 1.17. The predicted octanol–water partition coefficient (Wildman–Crippen LogP) is 1.10. The Morgan fingerprint density at radius 2 is 1.82 bits per heavy atom. The maximum atomic E-state index is 6.03. The fourth-order valence-corrected chi connectivity index (χ4v) is 2.09. The van der Waals surface area contributed by atoms with Gasteiger partial charge in [0.25, 0.3) is 0 Å². The maximum absolute atomic E-state index is 6.03. The highest BCUT2D eigenvalue weighted by atomic mass is 14.8. The van der Waals surface area contributed by atoms with Crippen LogP contribution in [0.25, 0.3) is 0 Å². The van der Waals surface area contributed by atoms with Gasteiger partial charge in [0.2, 0.25) is 0 Å². The van der Waals surface area contributed by atoms with Gasteiger partial charge in [0.05, 0.1) is 0 Å². The summed E-state index contributed by atoms with van der Waals surface area (Å²) in [5, 5.41) is 0. The van der Waals surface area contributed by atoms with Gasteiger partial charge in [-0.2, -0.15) is 0 Å². The van der Waals surface area contributed by atoms with Crippen molar-refractivity contribution in [1.82, 2.24) is 0 Å². The van der Waals surface area contributed by atoms with Gasteiger partial charge in [-0.25, -0.2) is 0 Å². The molecule has 4 N–H and O–H groups in total. The Morgan fingerprint density at radius 1 is 1.27 bits per heavy atom. The van der Waals surface area contributed by atoms with Crippen molar-refractivity contribution in [1.29, 1.82) is 0 Å². The molecule has 3 atom stereocenters. The third-order valence-electron chi connectivity index (χ3n) is 3.01. The number of nitrogens with two attached hydrogens (primary N) is 2. The number of rotatable bonds is 1. The van der Waals surface area contributed by atoms with Gasteiger partial charge in [-0.3, -0.25) is 0 Å². The van der Waals surface area contributed by atoms with E-state index in [0.717, 1.165) is 0 Å². The molecule has 1 aliphatic carbocycles. The fraction of sp³-hybridized carbons (Fsp3) is 1.00. The first-order valence-electron chi connectivity index (χ1n) is 4.47. The van der Waals surface area contributed by atoms with E-state index in [1.807, 2.05) is 0 Å². The SMILES string of the molecule is CC1CCC(C(C)(C)N)C1N. The Labute approximate surface area is 69.3 Å². The van der Waals surface area contributed by atoms with Crippen molar-refractivity contribution in [3.63, 3.8) is 0 Å². The van der Waals surface area contributed by atoms with Gasteiger partial charge >= 0.3 is 0 Å². The summed E-state index contributed by atoms with van der Waals surface area (Å²) in [6, 6.07) is 0.315. The van der Waals surface area contributed by atoms with Crippen LogP contribution in [0.1, 0.15) is 33.6 Å². The molecule has 0 bridgehead atoms. The van der Waals surface area contributed by atoms with Crippen LogP contribution >= 0.6 is 0 Å². The molecule has 0 aromatic heterocycles. The first-order chi connectivity index (χ1) is 4.93. The third-order valence-corrected chi connectivity index (χ3v) is 3.01. The van der Waals surface area contributed by atoms with E-state index < -0.39 is 0 Å². The zero-order valence-corrected chi connectivity index (χ0v) is 7.80. The average molecular weight is 156 g/mol. The molecule has 3 unspecified atom stereocenters. The first-order valence-corrected chi connectivity index (χ1v) is 4.47. The van der Waals surface area contributed by atoms with E-state index in [4.69, 9.17) is 11.5 Å². The molecule has 0 aromatic rings. The Bertz CT molecular complexity index is 137. The van der Waals surface area contributed by atoms with Gasteiger partial charge in [0.1, 0.15) is 0 Å². The van der Waals surface area contributed by atoms with E-state index in [0.29, 0.717) is 17.9 Å². The first kappa shape index (κ1) is 9.01. The van der Waals surface area contributed by atoms with Crippen LogP contribution < -0.4 is 11.5 Å². The van der Waals surface area contributed by atoms with Crippen molar-refractivity contribution >= 4 is 0 Å². The largest absolute Gasteiger partial charge is 0.327 e. The molecule has 1 saturated carbocycles. The molecule has 2 heteroatoms. The molecule has 0 spiro atoms. The zero-order valence-electron chi connectivity index (χ0n) is 7.80. The third kappa shape index (κ3) is 1.74. The highest BCUT2D eigenvalue weighted by molar-refractivity contribution is 4.96. The van der Waals surface area contributed by atoms with Gasteiger partial charge in [-0.05, 0) is 38.5 Å². The van der Waals surface area contributed by atoms with Crippen LogP contribution in [-0.2, 0) is 0 Å². The number of hydrogen-bond acceptors (Lipinski definition) is 2. The highest BCUT2D eigenvalue weighted by Crippen LogP contribution is 2.35. The van der Waals surface area contributed by atoms with Gasteiger partial charge in [-0.1, -0.05) is 6.92 Å². The summed E-state index contributed by atoms with van der Waals surface area (Å²) < 4.78 is 0. The molecule has 1 rings (SSSR count). The van der Waals surface area contributed by atoms with Crippen LogP contribution in [0.5, 0.6) is 0 Å². The molecular formula is C9H20N2. The van der Waals surface area contributed by atoms with Crippen LogP contribution in [-0.4, -0.2) is 11.6 Å². The fourth-order valence-electron chi connectivity index (χ4n) is 2.09. The molecule has 1 aliphatic rings. The molecule has 0 aromatic carbocycles. The molecular weight excluding hydrogens is 136 g/mol. The molecule has 1 fully saturated rings. The van der Waals surface area contributed by atoms with Crippen LogP contribution in [0.2, 0.25) is 0 Å². The van der Waals surface area contributed by atoms with Crippen molar-refractivity contribution in [2.24, 2.45) is 23.3 Å². The van der Waals surface area contributed by atoms with Gasteiger partial charge in [0, 0.05) is 11.6 Å². The molecule has 0 aliphatic heterocycles. The lowest BCUT2D eigenvalue weighted by atomic mass is 9.83. The van der Waals surface area contributed by atoms with Crippen molar-refractivity contribution in [3.05, 3.63) is 0 Å². The van der Waals surface area contributed by atoms with Crippen molar-refractivity contribution < 1.29 is 0 Å². The average Bonchev–Trinajstić information content (AvgIpc) is 2.11. The lowest BCUT2D eigenvalue weighted by Gasteiger charge is -2.31. The summed E-state index contributed by atoms with van der Waals surface area (Å²) in [6.45, 7) is 6.38. The maximum Gasteiger partial charge on any atom is 0.0140 e. The lowest BCUT2D eigenvalue weighted by molar-refractivity contribution is 0.285. The molecule has 2 nitrogen and oxygen atoms in total. The van der Waals surface area contributed by atoms with E-state index in [-0.39, 0.29) is 5.54 Å². The van der Waals surface area contributed by atoms with Crippen LogP contribution in [0.15, 0.2) is 0 Å². The van der Waals surface area contributed by atoms with Gasteiger partial charge in [-0.15, -0.1) is 0 Å². The van der Waals surface area contributed by atoms with E-state index >= 15 is 0 Å². The Hall–Kier alpha value is -0.0800. The minimum Gasteiger partial charge on any atom is -0.327 e. The summed E-state index contributed by atoms with van der Waals surface area (Å²) in [6.07, 6.45) is 2.44. The second-order valence-corrected chi connectivity index (χ2v) is 4.56. The molecule has 0 saturated heterocycles. The number of hydrogen-bond donors (Lipinski definition) is 2. The topological polar surface area (TPSA) is 52.0 Å². The second-order valence-electron chi connectivity index (χ2n) is 4.56. The Morgan fingerprint density at radius 3 is 2.00 bits per heavy atom. The van der Waals surface area contributed by atoms with E-state index in [1.165, 1.54) is 12.8 Å². The van der Waals surface area contributed by atoms with E-state index in [9.17, 15) is 0 Å². The van der Waals surface area contributed by atoms with Crippen molar-refractivity contribution in [2.75, 3.05) is 0 Å². The summed E-state index contributed by atoms with van der Waals surface area (Å²) in [5.41, 5.74) is 11.9. The quantitative estimate of drug-likeness (QED) is 0.597. The molecule has 0 radical (unpaired) electrons. The molecule has 0 heterocycles. The Kier molecular flexibility index (Phi) is 2.26. The summed E-state index contributed by atoms with van der Waals surface area (Å²) >= 11 is 0. The highest BCUT2D eigenvalue weighted by Gasteiger charge is 2.38. The second kappa shape index (κ2) is 2.76. The van der Waals surface area contributed by atoms with Crippen molar-refractivity contribution in [2.45, 2.75) is 45.2 Å². The molecule has 11 heavy (non-hydrogen) atoms.